The minimum atomic E-state index is -0.176. The number of halogens is 1. The molecule has 1 fully saturated rings. The molecule has 4 heteroatoms. The molecule has 0 amide bonds. The van der Waals surface area contributed by atoms with Crippen LogP contribution in [0.15, 0.2) is 18.2 Å². The average molecular weight is 266 g/mol. The Kier molecular flexibility index (Phi) is 5.16. The van der Waals surface area contributed by atoms with Crippen molar-refractivity contribution in [2.45, 2.75) is 32.4 Å². The second-order valence-electron chi connectivity index (χ2n) is 5.11. The van der Waals surface area contributed by atoms with Crippen LogP contribution in [0, 0.1) is 5.82 Å². The summed E-state index contributed by atoms with van der Waals surface area (Å²) in [6.07, 6.45) is 2.52. The highest BCUT2D eigenvalue weighted by Crippen LogP contribution is 2.20. The summed E-state index contributed by atoms with van der Waals surface area (Å²) in [4.78, 5) is 2.08. The summed E-state index contributed by atoms with van der Waals surface area (Å²) in [5.74, 6) is -0.176. The van der Waals surface area contributed by atoms with Crippen molar-refractivity contribution in [3.63, 3.8) is 0 Å². The van der Waals surface area contributed by atoms with E-state index >= 15 is 0 Å². The summed E-state index contributed by atoms with van der Waals surface area (Å²) in [6.45, 7) is 5.31. The Labute approximate surface area is 114 Å². The van der Waals surface area contributed by atoms with Crippen molar-refractivity contribution in [2.24, 2.45) is 0 Å². The number of rotatable bonds is 6. The molecule has 1 unspecified atom stereocenters. The number of anilines is 1. The zero-order chi connectivity index (χ0) is 13.7. The normalized spacial score (nSPS) is 18.8. The lowest BCUT2D eigenvalue weighted by Gasteiger charge is -2.23. The van der Waals surface area contributed by atoms with E-state index in [0.717, 1.165) is 43.8 Å². The van der Waals surface area contributed by atoms with Crippen molar-refractivity contribution in [3.05, 3.63) is 29.6 Å². The van der Waals surface area contributed by atoms with E-state index in [1.54, 1.807) is 12.1 Å². The third kappa shape index (κ3) is 4.18. The minimum absolute atomic E-state index is 0.176. The molecule has 1 aliphatic heterocycles. The van der Waals surface area contributed by atoms with Crippen LogP contribution in [0.3, 0.4) is 0 Å². The maximum Gasteiger partial charge on any atom is 0.125 e. The first-order valence-electron chi connectivity index (χ1n) is 7.02. The van der Waals surface area contributed by atoms with Crippen LogP contribution in [0.25, 0.3) is 0 Å². The van der Waals surface area contributed by atoms with Gasteiger partial charge >= 0.3 is 0 Å². The molecule has 0 saturated carbocycles. The maximum atomic E-state index is 13.6. The van der Waals surface area contributed by atoms with E-state index in [2.05, 4.69) is 10.2 Å². The van der Waals surface area contributed by atoms with E-state index in [9.17, 15) is 4.39 Å². The number of ether oxygens (including phenoxy) is 1. The van der Waals surface area contributed by atoms with Crippen molar-refractivity contribution in [2.75, 3.05) is 31.6 Å². The van der Waals surface area contributed by atoms with Gasteiger partial charge in [0.05, 0.1) is 6.10 Å². The molecular formula is C15H23FN2O. The summed E-state index contributed by atoms with van der Waals surface area (Å²) >= 11 is 0. The lowest BCUT2D eigenvalue weighted by molar-refractivity contribution is 0.116. The van der Waals surface area contributed by atoms with Crippen LogP contribution in [0.1, 0.15) is 25.3 Å². The Morgan fingerprint density at radius 3 is 2.95 bits per heavy atom. The summed E-state index contributed by atoms with van der Waals surface area (Å²) in [7, 11) is 1.99. The molecule has 2 rings (SSSR count). The highest BCUT2D eigenvalue weighted by molar-refractivity contribution is 5.48. The number of hydrogen-bond acceptors (Lipinski definition) is 3. The molecule has 1 atom stereocenters. The standard InChI is InChI=1S/C15H23FN2O/c1-3-17-10-12-7-13(16)9-14(8-12)18(2)11-15-5-4-6-19-15/h7-9,15,17H,3-6,10-11H2,1-2H3. The van der Waals surface area contributed by atoms with Crippen molar-refractivity contribution in [3.8, 4) is 0 Å². The molecular weight excluding hydrogens is 243 g/mol. The van der Waals surface area contributed by atoms with E-state index in [4.69, 9.17) is 4.74 Å². The monoisotopic (exact) mass is 266 g/mol. The van der Waals surface area contributed by atoms with E-state index in [0.29, 0.717) is 6.54 Å². The Morgan fingerprint density at radius 2 is 2.26 bits per heavy atom. The van der Waals surface area contributed by atoms with Gasteiger partial charge in [0.2, 0.25) is 0 Å². The topological polar surface area (TPSA) is 24.5 Å². The summed E-state index contributed by atoms with van der Waals surface area (Å²) in [6, 6.07) is 5.22. The second-order valence-corrected chi connectivity index (χ2v) is 5.11. The third-order valence-corrected chi connectivity index (χ3v) is 3.46. The van der Waals surface area contributed by atoms with Crippen molar-refractivity contribution in [1.82, 2.24) is 5.32 Å². The Balaban J connectivity index is 2.02. The Bertz CT molecular complexity index is 405. The van der Waals surface area contributed by atoms with Gasteiger partial charge in [-0.3, -0.25) is 0 Å². The van der Waals surface area contributed by atoms with Gasteiger partial charge < -0.3 is 15.0 Å². The van der Waals surface area contributed by atoms with Crippen LogP contribution in [0.5, 0.6) is 0 Å². The largest absolute Gasteiger partial charge is 0.376 e. The fourth-order valence-electron chi connectivity index (χ4n) is 2.42. The SMILES string of the molecule is CCNCc1cc(F)cc(N(C)CC2CCCO2)c1. The molecule has 0 spiro atoms. The average Bonchev–Trinajstić information content (AvgIpc) is 2.88. The number of hydrogen-bond donors (Lipinski definition) is 1. The zero-order valence-corrected chi connectivity index (χ0v) is 11.8. The van der Waals surface area contributed by atoms with Crippen LogP contribution < -0.4 is 10.2 Å². The van der Waals surface area contributed by atoms with E-state index < -0.39 is 0 Å². The van der Waals surface area contributed by atoms with Crippen LogP contribution >= 0.6 is 0 Å². The molecule has 0 bridgehead atoms. The highest BCUT2D eigenvalue weighted by Gasteiger charge is 2.18. The molecule has 106 valence electrons. The number of likely N-dealkylation sites (N-methyl/N-ethyl adjacent to an activating group) is 1. The molecule has 1 aromatic carbocycles. The van der Waals surface area contributed by atoms with Gasteiger partial charge in [-0.05, 0) is 43.1 Å². The molecule has 0 radical (unpaired) electrons. The van der Waals surface area contributed by atoms with Gasteiger partial charge in [0.1, 0.15) is 5.82 Å². The highest BCUT2D eigenvalue weighted by atomic mass is 19.1. The Hall–Kier alpha value is -1.13. The molecule has 19 heavy (non-hydrogen) atoms. The first kappa shape index (κ1) is 14.3. The fraction of sp³-hybridized carbons (Fsp3) is 0.600. The van der Waals surface area contributed by atoms with Gasteiger partial charge in [0, 0.05) is 32.4 Å². The summed E-state index contributed by atoms with van der Waals surface area (Å²) in [5, 5.41) is 3.22. The first-order valence-corrected chi connectivity index (χ1v) is 7.02. The van der Waals surface area contributed by atoms with Crippen LogP contribution in [-0.4, -0.2) is 32.8 Å². The first-order chi connectivity index (χ1) is 9.19. The lowest BCUT2D eigenvalue weighted by atomic mass is 10.1. The maximum absolute atomic E-state index is 13.6. The van der Waals surface area contributed by atoms with Crippen molar-refractivity contribution >= 4 is 5.69 Å². The van der Waals surface area contributed by atoms with E-state index in [1.165, 1.54) is 0 Å². The van der Waals surface area contributed by atoms with Gasteiger partial charge in [0.15, 0.2) is 0 Å². The molecule has 3 nitrogen and oxygen atoms in total. The summed E-state index contributed by atoms with van der Waals surface area (Å²) in [5.41, 5.74) is 1.90. The second kappa shape index (κ2) is 6.87. The number of nitrogens with zero attached hydrogens (tertiary/aromatic N) is 1. The number of nitrogens with one attached hydrogen (secondary N) is 1. The van der Waals surface area contributed by atoms with Crippen molar-refractivity contribution < 1.29 is 9.13 Å². The molecule has 1 saturated heterocycles. The smallest absolute Gasteiger partial charge is 0.125 e. The van der Waals surface area contributed by atoms with Crippen LogP contribution in [0.2, 0.25) is 0 Å². The minimum Gasteiger partial charge on any atom is -0.376 e. The zero-order valence-electron chi connectivity index (χ0n) is 11.8. The van der Waals surface area contributed by atoms with E-state index in [1.807, 2.05) is 20.0 Å². The molecule has 0 aliphatic carbocycles. The van der Waals surface area contributed by atoms with Gasteiger partial charge in [-0.15, -0.1) is 0 Å². The lowest BCUT2D eigenvalue weighted by Crippen LogP contribution is -2.28. The Morgan fingerprint density at radius 1 is 1.42 bits per heavy atom. The van der Waals surface area contributed by atoms with Gasteiger partial charge in [0.25, 0.3) is 0 Å². The molecule has 1 heterocycles. The molecule has 1 N–H and O–H groups in total. The molecule has 0 aromatic heterocycles. The van der Waals surface area contributed by atoms with Crippen molar-refractivity contribution in [1.29, 1.82) is 0 Å². The predicted octanol–water partition coefficient (Wildman–Crippen LogP) is 2.55. The van der Waals surface area contributed by atoms with E-state index in [-0.39, 0.29) is 11.9 Å². The van der Waals surface area contributed by atoms with Gasteiger partial charge in [-0.2, -0.15) is 0 Å². The van der Waals surface area contributed by atoms with Gasteiger partial charge in [-0.25, -0.2) is 4.39 Å². The van der Waals surface area contributed by atoms with Gasteiger partial charge in [-0.1, -0.05) is 6.92 Å². The fourth-order valence-corrected chi connectivity index (χ4v) is 2.42. The number of benzene rings is 1. The summed E-state index contributed by atoms with van der Waals surface area (Å²) < 4.78 is 19.3. The van der Waals surface area contributed by atoms with Crippen LogP contribution in [-0.2, 0) is 11.3 Å². The third-order valence-electron chi connectivity index (χ3n) is 3.46. The quantitative estimate of drug-likeness (QED) is 0.856. The molecule has 1 aliphatic rings. The predicted molar refractivity (Wildman–Crippen MR) is 76.0 cm³/mol. The molecule has 1 aromatic rings. The van der Waals surface area contributed by atoms with Crippen LogP contribution in [0.4, 0.5) is 10.1 Å².